The fourth-order valence-corrected chi connectivity index (χ4v) is 1.45. The number of carbonyl (C=O) groups is 1. The average Bonchev–Trinajstić information content (AvgIpc) is 2.31. The summed E-state index contributed by atoms with van der Waals surface area (Å²) in [7, 11) is 0. The molecule has 2 rings (SSSR count). The molecule has 0 atom stereocenters. The molecule has 0 aliphatic carbocycles. The topological polar surface area (TPSA) is 42.9 Å². The molecule has 1 aromatic heterocycles. The van der Waals surface area contributed by atoms with Crippen molar-refractivity contribution in [3.63, 3.8) is 0 Å². The lowest BCUT2D eigenvalue weighted by Gasteiger charge is -2.00. The monoisotopic (exact) mass is 232 g/mol. The van der Waals surface area contributed by atoms with Crippen molar-refractivity contribution in [1.29, 1.82) is 0 Å². The summed E-state index contributed by atoms with van der Waals surface area (Å²) in [6.45, 7) is 0. The highest BCUT2D eigenvalue weighted by Crippen LogP contribution is 2.11. The Labute approximate surface area is 98.1 Å². The minimum absolute atomic E-state index is 0.0113. The first-order valence-electron chi connectivity index (χ1n) is 4.79. The van der Waals surface area contributed by atoms with Crippen LogP contribution in [0.5, 0.6) is 0 Å². The van der Waals surface area contributed by atoms with Crippen molar-refractivity contribution in [3.05, 3.63) is 59.1 Å². The molecule has 0 N–H and O–H groups in total. The van der Waals surface area contributed by atoms with Crippen LogP contribution in [0.3, 0.4) is 0 Å². The minimum Gasteiger partial charge on any atom is -0.294 e. The maximum absolute atomic E-state index is 11.8. The van der Waals surface area contributed by atoms with E-state index >= 15 is 0 Å². The molecular formula is C12H9ClN2O. The van der Waals surface area contributed by atoms with E-state index in [1.54, 1.807) is 42.9 Å². The van der Waals surface area contributed by atoms with Crippen LogP contribution in [0.4, 0.5) is 0 Å². The molecule has 3 nitrogen and oxygen atoms in total. The van der Waals surface area contributed by atoms with E-state index in [0.29, 0.717) is 16.3 Å². The number of aromatic nitrogens is 2. The van der Waals surface area contributed by atoms with E-state index in [1.807, 2.05) is 0 Å². The van der Waals surface area contributed by atoms with Crippen LogP contribution in [0.15, 0.2) is 42.9 Å². The standard InChI is InChI=1S/C12H9ClN2O/c13-10-3-1-9(2-4-10)12(16)7-11-8-14-5-6-15-11/h1-6,8H,7H2. The summed E-state index contributed by atoms with van der Waals surface area (Å²) in [5, 5.41) is 0.621. The van der Waals surface area contributed by atoms with Gasteiger partial charge in [0, 0.05) is 29.2 Å². The number of Topliss-reactive ketones (excluding diaryl/α,β-unsaturated/α-hetero) is 1. The number of hydrogen-bond acceptors (Lipinski definition) is 3. The van der Waals surface area contributed by atoms with E-state index < -0.39 is 0 Å². The van der Waals surface area contributed by atoms with Crippen molar-refractivity contribution in [2.45, 2.75) is 6.42 Å². The molecule has 0 bridgehead atoms. The van der Waals surface area contributed by atoms with Crippen LogP contribution < -0.4 is 0 Å². The van der Waals surface area contributed by atoms with Gasteiger partial charge in [-0.1, -0.05) is 11.6 Å². The molecular weight excluding hydrogens is 224 g/mol. The van der Waals surface area contributed by atoms with Crippen LogP contribution in [-0.4, -0.2) is 15.8 Å². The number of hydrogen-bond donors (Lipinski definition) is 0. The average molecular weight is 233 g/mol. The van der Waals surface area contributed by atoms with Gasteiger partial charge in [0.15, 0.2) is 5.78 Å². The molecule has 1 aromatic carbocycles. The number of rotatable bonds is 3. The highest BCUT2D eigenvalue weighted by molar-refractivity contribution is 6.30. The number of nitrogens with zero attached hydrogens (tertiary/aromatic N) is 2. The first-order valence-corrected chi connectivity index (χ1v) is 5.17. The molecule has 0 unspecified atom stereocenters. The largest absolute Gasteiger partial charge is 0.294 e. The molecule has 4 heteroatoms. The van der Waals surface area contributed by atoms with Gasteiger partial charge < -0.3 is 0 Å². The SMILES string of the molecule is O=C(Cc1cnccn1)c1ccc(Cl)cc1. The third kappa shape index (κ3) is 2.64. The van der Waals surface area contributed by atoms with Crippen molar-refractivity contribution in [2.24, 2.45) is 0 Å². The molecule has 1 heterocycles. The molecule has 80 valence electrons. The summed E-state index contributed by atoms with van der Waals surface area (Å²) >= 11 is 5.74. The molecule has 0 spiro atoms. The summed E-state index contributed by atoms with van der Waals surface area (Å²) < 4.78 is 0. The Morgan fingerprint density at radius 1 is 1.19 bits per heavy atom. The summed E-state index contributed by atoms with van der Waals surface area (Å²) in [6, 6.07) is 6.82. The van der Waals surface area contributed by atoms with Crippen molar-refractivity contribution >= 4 is 17.4 Å². The summed E-state index contributed by atoms with van der Waals surface area (Å²) in [5.41, 5.74) is 1.30. The number of halogens is 1. The van der Waals surface area contributed by atoms with Gasteiger partial charge in [0.1, 0.15) is 0 Å². The molecule has 0 saturated heterocycles. The van der Waals surface area contributed by atoms with Gasteiger partial charge in [-0.2, -0.15) is 0 Å². The number of carbonyl (C=O) groups excluding carboxylic acids is 1. The van der Waals surface area contributed by atoms with Crippen LogP contribution in [0, 0.1) is 0 Å². The minimum atomic E-state index is 0.0113. The van der Waals surface area contributed by atoms with Gasteiger partial charge >= 0.3 is 0 Å². The quantitative estimate of drug-likeness (QED) is 0.764. The van der Waals surface area contributed by atoms with Gasteiger partial charge in [0.05, 0.1) is 12.1 Å². The highest BCUT2D eigenvalue weighted by atomic mass is 35.5. The second-order valence-corrected chi connectivity index (χ2v) is 3.74. The van der Waals surface area contributed by atoms with Gasteiger partial charge in [0.25, 0.3) is 0 Å². The highest BCUT2D eigenvalue weighted by Gasteiger charge is 2.07. The van der Waals surface area contributed by atoms with Gasteiger partial charge in [-0.3, -0.25) is 14.8 Å². The van der Waals surface area contributed by atoms with E-state index in [-0.39, 0.29) is 12.2 Å². The lowest BCUT2D eigenvalue weighted by molar-refractivity contribution is 0.0992. The van der Waals surface area contributed by atoms with Crippen LogP contribution in [0.1, 0.15) is 16.1 Å². The summed E-state index contributed by atoms with van der Waals surface area (Å²) in [4.78, 5) is 19.8. The van der Waals surface area contributed by atoms with Crippen LogP contribution in [-0.2, 0) is 6.42 Å². The second kappa shape index (κ2) is 4.86. The third-order valence-corrected chi connectivity index (χ3v) is 2.38. The van der Waals surface area contributed by atoms with E-state index in [2.05, 4.69) is 9.97 Å². The Kier molecular flexibility index (Phi) is 3.27. The fourth-order valence-electron chi connectivity index (χ4n) is 1.32. The molecule has 16 heavy (non-hydrogen) atoms. The van der Waals surface area contributed by atoms with Gasteiger partial charge in [-0.25, -0.2) is 0 Å². The maximum Gasteiger partial charge on any atom is 0.168 e. The Bertz CT molecular complexity index is 482. The summed E-state index contributed by atoms with van der Waals surface area (Å²) in [5.74, 6) is 0.0113. The second-order valence-electron chi connectivity index (χ2n) is 3.30. The molecule has 0 radical (unpaired) electrons. The van der Waals surface area contributed by atoms with E-state index in [1.165, 1.54) is 0 Å². The Balaban J connectivity index is 2.12. The lowest BCUT2D eigenvalue weighted by atomic mass is 10.1. The van der Waals surface area contributed by atoms with Gasteiger partial charge in [-0.15, -0.1) is 0 Å². The van der Waals surface area contributed by atoms with Crippen LogP contribution in [0.25, 0.3) is 0 Å². The smallest absolute Gasteiger partial charge is 0.168 e. The summed E-state index contributed by atoms with van der Waals surface area (Å²) in [6.07, 6.45) is 5.00. The lowest BCUT2D eigenvalue weighted by Crippen LogP contribution is -2.04. The van der Waals surface area contributed by atoms with Crippen LogP contribution in [0.2, 0.25) is 5.02 Å². The van der Waals surface area contributed by atoms with E-state index in [9.17, 15) is 4.79 Å². The van der Waals surface area contributed by atoms with Gasteiger partial charge in [-0.05, 0) is 24.3 Å². The molecule has 0 saturated carbocycles. The first-order chi connectivity index (χ1) is 7.75. The van der Waals surface area contributed by atoms with E-state index in [4.69, 9.17) is 11.6 Å². The molecule has 2 aromatic rings. The predicted octanol–water partition coefficient (Wildman–Crippen LogP) is 2.56. The Morgan fingerprint density at radius 2 is 1.94 bits per heavy atom. The fraction of sp³-hybridized carbons (Fsp3) is 0.0833. The Morgan fingerprint density at radius 3 is 2.56 bits per heavy atom. The molecule has 0 amide bonds. The first kappa shape index (κ1) is 10.8. The number of ketones is 1. The normalized spacial score (nSPS) is 10.1. The zero-order chi connectivity index (χ0) is 11.4. The van der Waals surface area contributed by atoms with Crippen molar-refractivity contribution in [1.82, 2.24) is 9.97 Å². The third-order valence-electron chi connectivity index (χ3n) is 2.12. The van der Waals surface area contributed by atoms with Crippen molar-refractivity contribution < 1.29 is 4.79 Å². The van der Waals surface area contributed by atoms with E-state index in [0.717, 1.165) is 0 Å². The zero-order valence-electron chi connectivity index (χ0n) is 8.43. The maximum atomic E-state index is 11.8. The van der Waals surface area contributed by atoms with Gasteiger partial charge in [0.2, 0.25) is 0 Å². The molecule has 0 fully saturated rings. The van der Waals surface area contributed by atoms with Crippen LogP contribution >= 0.6 is 11.6 Å². The van der Waals surface area contributed by atoms with Crippen molar-refractivity contribution in [2.75, 3.05) is 0 Å². The molecule has 0 aliphatic heterocycles. The zero-order valence-corrected chi connectivity index (χ0v) is 9.19. The van der Waals surface area contributed by atoms with Crippen molar-refractivity contribution in [3.8, 4) is 0 Å². The Hall–Kier alpha value is -1.74. The number of benzene rings is 1. The molecule has 0 aliphatic rings. The predicted molar refractivity (Wildman–Crippen MR) is 61.5 cm³/mol.